The van der Waals surface area contributed by atoms with Crippen LogP contribution in [0.4, 0.5) is 22.1 Å². The maximum Gasteiger partial charge on any atom is 0.325 e. The molecule has 0 unspecified atom stereocenters. The predicted octanol–water partition coefficient (Wildman–Crippen LogP) is 2.24. The summed E-state index contributed by atoms with van der Waals surface area (Å²) in [5.41, 5.74) is 1.68. The van der Waals surface area contributed by atoms with E-state index in [0.29, 0.717) is 54.9 Å². The number of aromatic nitrogens is 2. The van der Waals surface area contributed by atoms with Crippen LogP contribution < -0.4 is 24.4 Å². The summed E-state index contributed by atoms with van der Waals surface area (Å²) in [4.78, 5) is 36.4. The summed E-state index contributed by atoms with van der Waals surface area (Å²) in [5, 5.41) is 2.69. The van der Waals surface area contributed by atoms with Gasteiger partial charge in [0.25, 0.3) is 10.0 Å². The second kappa shape index (κ2) is 9.93. The lowest BCUT2D eigenvalue weighted by Gasteiger charge is -2.22. The lowest BCUT2D eigenvalue weighted by molar-refractivity contribution is -0.116. The van der Waals surface area contributed by atoms with Crippen molar-refractivity contribution in [3.8, 4) is 11.5 Å². The molecule has 2 aliphatic heterocycles. The molecule has 0 bridgehead atoms. The molecule has 2 aliphatic rings. The van der Waals surface area contributed by atoms with Crippen LogP contribution in [0.15, 0.2) is 59.6 Å². The maximum absolute atomic E-state index is 12.9. The zero-order chi connectivity index (χ0) is 26.0. The number of aryl methyl sites for hydroxylation is 1. The molecule has 0 atom stereocenters. The van der Waals surface area contributed by atoms with Gasteiger partial charge in [-0.3, -0.25) is 9.69 Å². The lowest BCUT2D eigenvalue weighted by atomic mass is 10.2. The van der Waals surface area contributed by atoms with Gasteiger partial charge < -0.3 is 19.7 Å². The summed E-state index contributed by atoms with van der Waals surface area (Å²) in [6.07, 6.45) is 1.46. The van der Waals surface area contributed by atoms with E-state index in [0.717, 1.165) is 0 Å². The second-order valence-corrected chi connectivity index (χ2v) is 10.1. The molecule has 0 radical (unpaired) electrons. The first-order chi connectivity index (χ1) is 17.8. The molecule has 5 rings (SSSR count). The molecule has 37 heavy (non-hydrogen) atoms. The molecule has 3 amide bonds. The third kappa shape index (κ3) is 5.40. The minimum absolute atomic E-state index is 0.0135. The first kappa shape index (κ1) is 24.3. The van der Waals surface area contributed by atoms with Gasteiger partial charge in [-0.2, -0.15) is 0 Å². The number of nitrogens with zero attached hydrogens (tertiary/aromatic N) is 4. The molecule has 192 valence electrons. The molecule has 3 heterocycles. The van der Waals surface area contributed by atoms with E-state index in [-0.39, 0.29) is 23.4 Å². The van der Waals surface area contributed by atoms with E-state index in [1.165, 1.54) is 35.4 Å². The van der Waals surface area contributed by atoms with E-state index >= 15 is 0 Å². The van der Waals surface area contributed by atoms with Crippen LogP contribution in [-0.4, -0.2) is 68.1 Å². The molecule has 13 heteroatoms. The van der Waals surface area contributed by atoms with Crippen molar-refractivity contribution in [1.29, 1.82) is 0 Å². The Bertz CT molecular complexity index is 1450. The molecule has 1 fully saturated rings. The summed E-state index contributed by atoms with van der Waals surface area (Å²) in [6.45, 7) is 3.31. The van der Waals surface area contributed by atoms with Crippen LogP contribution in [0.3, 0.4) is 0 Å². The van der Waals surface area contributed by atoms with Crippen molar-refractivity contribution >= 4 is 39.3 Å². The van der Waals surface area contributed by atoms with Crippen LogP contribution in [0.1, 0.15) is 5.69 Å². The Labute approximate surface area is 213 Å². The maximum atomic E-state index is 12.9. The molecule has 3 aromatic rings. The highest BCUT2D eigenvalue weighted by molar-refractivity contribution is 7.92. The van der Waals surface area contributed by atoms with Gasteiger partial charge in [-0.05, 0) is 49.4 Å². The van der Waals surface area contributed by atoms with E-state index in [1.807, 2.05) is 0 Å². The third-order valence-corrected chi connectivity index (χ3v) is 7.08. The first-order valence-electron chi connectivity index (χ1n) is 11.5. The highest BCUT2D eigenvalue weighted by atomic mass is 32.2. The van der Waals surface area contributed by atoms with Gasteiger partial charge in [-0.1, -0.05) is 0 Å². The molecule has 2 aromatic carbocycles. The Morgan fingerprint density at radius 1 is 1.03 bits per heavy atom. The average Bonchev–Trinajstić information content (AvgIpc) is 3.23. The summed E-state index contributed by atoms with van der Waals surface area (Å²) < 4.78 is 38.6. The molecule has 0 spiro atoms. The Morgan fingerprint density at radius 3 is 2.54 bits per heavy atom. The van der Waals surface area contributed by atoms with Gasteiger partial charge >= 0.3 is 6.03 Å². The Hall–Kier alpha value is -4.39. The van der Waals surface area contributed by atoms with Crippen LogP contribution in [0.25, 0.3) is 0 Å². The van der Waals surface area contributed by atoms with Crippen LogP contribution >= 0.6 is 0 Å². The van der Waals surface area contributed by atoms with Gasteiger partial charge in [-0.25, -0.2) is 27.9 Å². The Balaban J connectivity index is 1.18. The Kier molecular flexibility index (Phi) is 6.53. The molecule has 12 nitrogen and oxygen atoms in total. The predicted molar refractivity (Wildman–Crippen MR) is 134 cm³/mol. The highest BCUT2D eigenvalue weighted by Gasteiger charge is 2.31. The van der Waals surface area contributed by atoms with Gasteiger partial charge in [-0.15, -0.1) is 0 Å². The fourth-order valence-corrected chi connectivity index (χ4v) is 4.89. The van der Waals surface area contributed by atoms with Crippen LogP contribution in [0.2, 0.25) is 0 Å². The zero-order valence-corrected chi connectivity index (χ0v) is 20.7. The number of anilines is 3. The third-order valence-electron chi connectivity index (χ3n) is 5.74. The summed E-state index contributed by atoms with van der Waals surface area (Å²) >= 11 is 0. The molecule has 2 N–H and O–H groups in total. The molecule has 0 saturated carbocycles. The highest BCUT2D eigenvalue weighted by Crippen LogP contribution is 2.35. The number of hydrogen-bond donors (Lipinski definition) is 2. The normalized spacial score (nSPS) is 15.0. The minimum atomic E-state index is -3.90. The number of ether oxygens (including phenoxy) is 2. The quantitative estimate of drug-likeness (QED) is 0.479. The van der Waals surface area contributed by atoms with Crippen molar-refractivity contribution in [3.05, 3.63) is 60.4 Å². The average molecular weight is 525 g/mol. The number of amides is 3. The fraction of sp³-hybridized carbons (Fsp3) is 0.250. The largest absolute Gasteiger partial charge is 0.486 e. The van der Waals surface area contributed by atoms with Crippen molar-refractivity contribution in [1.82, 2.24) is 14.9 Å². The number of rotatable bonds is 7. The number of benzene rings is 2. The van der Waals surface area contributed by atoms with Gasteiger partial charge in [0.1, 0.15) is 19.8 Å². The summed E-state index contributed by atoms with van der Waals surface area (Å²) in [5.74, 6) is 0.785. The Morgan fingerprint density at radius 2 is 1.78 bits per heavy atom. The molecule has 1 saturated heterocycles. The van der Waals surface area contributed by atoms with Crippen LogP contribution in [-0.2, 0) is 14.8 Å². The number of carbonyl (C=O) groups excluding carboxylic acids is 2. The summed E-state index contributed by atoms with van der Waals surface area (Å²) in [6, 6.07) is 12.3. The lowest BCUT2D eigenvalue weighted by Crippen LogP contribution is -2.37. The van der Waals surface area contributed by atoms with Crippen LogP contribution in [0, 0.1) is 6.92 Å². The second-order valence-electron chi connectivity index (χ2n) is 8.38. The fourth-order valence-electron chi connectivity index (χ4n) is 3.94. The van der Waals surface area contributed by atoms with E-state index in [9.17, 15) is 18.0 Å². The number of nitrogens with one attached hydrogen (secondary N) is 2. The van der Waals surface area contributed by atoms with E-state index in [2.05, 4.69) is 20.0 Å². The monoisotopic (exact) mass is 524 g/mol. The van der Waals surface area contributed by atoms with E-state index in [4.69, 9.17) is 9.47 Å². The van der Waals surface area contributed by atoms with Crippen molar-refractivity contribution in [2.75, 3.05) is 47.8 Å². The first-order valence-corrected chi connectivity index (χ1v) is 13.0. The smallest absolute Gasteiger partial charge is 0.325 e. The topological polar surface area (TPSA) is 143 Å². The number of sulfonamides is 1. The molecular formula is C24H24N6O6S. The number of fused-ring (bicyclic) bond motifs is 1. The van der Waals surface area contributed by atoms with Crippen molar-refractivity contribution in [2.45, 2.75) is 11.8 Å². The summed E-state index contributed by atoms with van der Waals surface area (Å²) in [7, 11) is -3.90. The minimum Gasteiger partial charge on any atom is -0.486 e. The van der Waals surface area contributed by atoms with Crippen molar-refractivity contribution in [3.63, 3.8) is 0 Å². The number of carbonyl (C=O) groups is 2. The van der Waals surface area contributed by atoms with Gasteiger partial charge in [0.15, 0.2) is 11.5 Å². The molecular weight excluding hydrogens is 500 g/mol. The number of hydrogen-bond acceptors (Lipinski definition) is 8. The van der Waals surface area contributed by atoms with Gasteiger partial charge in [0.05, 0.1) is 4.90 Å². The van der Waals surface area contributed by atoms with Crippen LogP contribution in [0.5, 0.6) is 11.5 Å². The number of urea groups is 1. The van der Waals surface area contributed by atoms with Crippen molar-refractivity contribution in [2.24, 2.45) is 0 Å². The van der Waals surface area contributed by atoms with Gasteiger partial charge in [0, 0.05) is 42.4 Å². The zero-order valence-electron chi connectivity index (χ0n) is 19.9. The molecule has 1 aromatic heterocycles. The van der Waals surface area contributed by atoms with E-state index in [1.54, 1.807) is 36.1 Å². The van der Waals surface area contributed by atoms with Gasteiger partial charge in [0.2, 0.25) is 11.9 Å². The SMILES string of the molecule is Cc1ccnc(NS(=O)(=O)c2ccc(NC(=O)CN3CCN(c4ccc5c(c4)OCCO5)C3=O)cc2)n1. The molecule has 0 aliphatic carbocycles. The standard InChI is InChI=1S/C24H24N6O6S/c1-16-8-9-25-23(26-16)28-37(33,34)19-5-2-17(3-6-19)27-22(31)15-29-10-11-30(24(29)32)18-4-7-20-21(14-18)36-13-12-35-20/h2-9,14H,10-13,15H2,1H3,(H,27,31)(H,25,26,28). The van der Waals surface area contributed by atoms with E-state index < -0.39 is 15.9 Å². The van der Waals surface area contributed by atoms with Crippen molar-refractivity contribution < 1.29 is 27.5 Å².